The van der Waals surface area contributed by atoms with Crippen molar-refractivity contribution in [1.82, 2.24) is 5.32 Å². The van der Waals surface area contributed by atoms with Crippen LogP contribution < -0.4 is 5.32 Å². The van der Waals surface area contributed by atoms with Gasteiger partial charge < -0.3 is 14.8 Å². The number of nitrogens with one attached hydrogen (secondary N) is 1. The maximum atomic E-state index is 12.2. The van der Waals surface area contributed by atoms with E-state index in [0.717, 1.165) is 11.1 Å². The van der Waals surface area contributed by atoms with Crippen LogP contribution in [0.25, 0.3) is 0 Å². The minimum absolute atomic E-state index is 0.0863. The van der Waals surface area contributed by atoms with E-state index in [-0.39, 0.29) is 25.2 Å². The zero-order valence-electron chi connectivity index (χ0n) is 15.4. The summed E-state index contributed by atoms with van der Waals surface area (Å²) in [5, 5.41) is 2.47. The molecule has 2 rings (SSSR count). The maximum absolute atomic E-state index is 12.2. The van der Waals surface area contributed by atoms with Crippen molar-refractivity contribution in [2.24, 2.45) is 0 Å². The number of ketones is 1. The Balaban J connectivity index is 1.87. The summed E-state index contributed by atoms with van der Waals surface area (Å²) in [4.78, 5) is 36.1. The fourth-order valence-electron chi connectivity index (χ4n) is 2.45. The van der Waals surface area contributed by atoms with Crippen LogP contribution in [0.15, 0.2) is 54.6 Å². The van der Waals surface area contributed by atoms with Gasteiger partial charge >= 0.3 is 12.1 Å². The summed E-state index contributed by atoms with van der Waals surface area (Å²) in [6.07, 6.45) is -0.514. The summed E-state index contributed by atoms with van der Waals surface area (Å²) in [6, 6.07) is 15.4. The molecule has 0 fully saturated rings. The highest BCUT2D eigenvalue weighted by Gasteiger charge is 2.23. The lowest BCUT2D eigenvalue weighted by Crippen LogP contribution is -2.42. The number of rotatable bonds is 8. The van der Waals surface area contributed by atoms with E-state index in [4.69, 9.17) is 9.47 Å². The van der Waals surface area contributed by atoms with Crippen molar-refractivity contribution in [3.05, 3.63) is 71.3 Å². The van der Waals surface area contributed by atoms with Crippen LogP contribution in [0, 0.1) is 6.92 Å². The first-order valence-corrected chi connectivity index (χ1v) is 8.64. The van der Waals surface area contributed by atoms with Crippen molar-refractivity contribution < 1.29 is 23.9 Å². The zero-order valence-corrected chi connectivity index (χ0v) is 15.4. The zero-order chi connectivity index (χ0) is 19.6. The average Bonchev–Trinajstić information content (AvgIpc) is 2.70. The third kappa shape index (κ3) is 6.58. The van der Waals surface area contributed by atoms with Crippen LogP contribution >= 0.6 is 0 Å². The molecule has 0 aliphatic rings. The predicted molar refractivity (Wildman–Crippen MR) is 100 cm³/mol. The average molecular weight is 369 g/mol. The molecule has 142 valence electrons. The summed E-state index contributed by atoms with van der Waals surface area (Å²) < 4.78 is 9.85. The molecule has 6 nitrogen and oxygen atoms in total. The molecule has 1 amide bonds. The Morgan fingerprint density at radius 3 is 2.30 bits per heavy atom. The van der Waals surface area contributed by atoms with E-state index in [2.05, 4.69) is 5.32 Å². The molecule has 0 radical (unpaired) electrons. The van der Waals surface area contributed by atoms with E-state index in [9.17, 15) is 14.4 Å². The van der Waals surface area contributed by atoms with Crippen molar-refractivity contribution in [2.75, 3.05) is 7.11 Å². The number of aryl methyl sites for hydroxylation is 1. The molecular weight excluding hydrogens is 346 g/mol. The Morgan fingerprint density at radius 2 is 1.67 bits per heavy atom. The molecule has 0 aromatic heterocycles. The van der Waals surface area contributed by atoms with Gasteiger partial charge in [0.15, 0.2) is 5.78 Å². The predicted octanol–water partition coefficient (Wildman–Crippen LogP) is 3.43. The summed E-state index contributed by atoms with van der Waals surface area (Å²) in [5.41, 5.74) is 2.50. The van der Waals surface area contributed by atoms with Crippen LogP contribution in [0.5, 0.6) is 0 Å². The number of benzene rings is 2. The Morgan fingerprint density at radius 1 is 1.00 bits per heavy atom. The number of methoxy groups -OCH3 is 1. The molecule has 0 spiro atoms. The van der Waals surface area contributed by atoms with E-state index in [1.807, 2.05) is 37.3 Å². The third-order valence-corrected chi connectivity index (χ3v) is 4.02. The Kier molecular flexibility index (Phi) is 7.55. The Labute approximate surface area is 158 Å². The van der Waals surface area contributed by atoms with Crippen LogP contribution in [0.3, 0.4) is 0 Å². The minimum Gasteiger partial charge on any atom is -0.467 e. The number of hydrogen-bond acceptors (Lipinski definition) is 5. The topological polar surface area (TPSA) is 81.7 Å². The van der Waals surface area contributed by atoms with Crippen LogP contribution in [0.1, 0.15) is 34.3 Å². The molecule has 2 aromatic rings. The van der Waals surface area contributed by atoms with Gasteiger partial charge in [-0.1, -0.05) is 60.2 Å². The van der Waals surface area contributed by atoms with Gasteiger partial charge in [0, 0.05) is 12.0 Å². The highest BCUT2D eigenvalue weighted by molar-refractivity contribution is 5.96. The van der Waals surface area contributed by atoms with Gasteiger partial charge in [-0.15, -0.1) is 0 Å². The lowest BCUT2D eigenvalue weighted by atomic mass is 10.0. The summed E-state index contributed by atoms with van der Waals surface area (Å²) in [5.74, 6) is -0.734. The first-order valence-electron chi connectivity index (χ1n) is 8.64. The lowest BCUT2D eigenvalue weighted by molar-refractivity contribution is -0.143. The van der Waals surface area contributed by atoms with E-state index in [1.165, 1.54) is 7.11 Å². The van der Waals surface area contributed by atoms with Gasteiger partial charge in [-0.3, -0.25) is 4.79 Å². The SMILES string of the molecule is COC(=O)C(CCC(=O)c1ccccc1)NC(=O)OCc1ccc(C)cc1. The molecule has 1 unspecified atom stereocenters. The second-order valence-corrected chi connectivity index (χ2v) is 6.11. The number of amides is 1. The molecule has 0 aliphatic heterocycles. The fraction of sp³-hybridized carbons (Fsp3) is 0.286. The second-order valence-electron chi connectivity index (χ2n) is 6.11. The first kappa shape index (κ1) is 20.2. The standard InChI is InChI=1S/C21H23NO5/c1-15-8-10-16(11-9-15)14-27-21(25)22-18(20(24)26-2)12-13-19(23)17-6-4-3-5-7-17/h3-11,18H,12-14H2,1-2H3,(H,22,25). The number of Topliss-reactive ketones (excluding diaryl/α,β-unsaturated/α-hetero) is 1. The molecule has 1 N–H and O–H groups in total. The van der Waals surface area contributed by atoms with Gasteiger partial charge in [-0.2, -0.15) is 0 Å². The van der Waals surface area contributed by atoms with Gasteiger partial charge in [0.2, 0.25) is 0 Å². The molecule has 2 aromatic carbocycles. The molecule has 1 atom stereocenters. The Bertz CT molecular complexity index is 771. The summed E-state index contributed by atoms with van der Waals surface area (Å²) >= 11 is 0. The first-order chi connectivity index (χ1) is 13.0. The molecule has 27 heavy (non-hydrogen) atoms. The number of ether oxygens (including phenoxy) is 2. The largest absolute Gasteiger partial charge is 0.467 e. The fourth-order valence-corrected chi connectivity index (χ4v) is 2.45. The molecule has 0 bridgehead atoms. The number of esters is 1. The van der Waals surface area contributed by atoms with E-state index in [0.29, 0.717) is 5.56 Å². The van der Waals surface area contributed by atoms with Crippen LogP contribution in [0.2, 0.25) is 0 Å². The van der Waals surface area contributed by atoms with E-state index in [1.54, 1.807) is 24.3 Å². The van der Waals surface area contributed by atoms with Gasteiger partial charge in [0.25, 0.3) is 0 Å². The molecule has 0 heterocycles. The molecule has 6 heteroatoms. The van der Waals surface area contributed by atoms with Crippen LogP contribution in [-0.4, -0.2) is 31.0 Å². The number of carbonyl (C=O) groups is 3. The van der Waals surface area contributed by atoms with Gasteiger partial charge in [-0.25, -0.2) is 9.59 Å². The van der Waals surface area contributed by atoms with E-state index < -0.39 is 18.1 Å². The van der Waals surface area contributed by atoms with Gasteiger partial charge in [0.1, 0.15) is 12.6 Å². The van der Waals surface area contributed by atoms with Crippen LogP contribution in [0.4, 0.5) is 4.79 Å². The highest BCUT2D eigenvalue weighted by atomic mass is 16.6. The van der Waals surface area contributed by atoms with Crippen LogP contribution in [-0.2, 0) is 20.9 Å². The monoisotopic (exact) mass is 369 g/mol. The normalized spacial score (nSPS) is 11.3. The summed E-state index contributed by atoms with van der Waals surface area (Å²) in [6.45, 7) is 2.05. The quantitative estimate of drug-likeness (QED) is 0.569. The second kappa shape index (κ2) is 10.1. The van der Waals surface area contributed by atoms with Crippen molar-refractivity contribution >= 4 is 17.8 Å². The molecule has 0 aliphatic carbocycles. The third-order valence-electron chi connectivity index (χ3n) is 4.02. The van der Waals surface area contributed by atoms with E-state index >= 15 is 0 Å². The van der Waals surface area contributed by atoms with Gasteiger partial charge in [0.05, 0.1) is 7.11 Å². The Hall–Kier alpha value is -3.15. The number of hydrogen-bond donors (Lipinski definition) is 1. The highest BCUT2D eigenvalue weighted by Crippen LogP contribution is 2.09. The minimum atomic E-state index is -0.951. The number of alkyl carbamates (subject to hydrolysis) is 1. The van der Waals surface area contributed by atoms with Crippen molar-refractivity contribution in [3.63, 3.8) is 0 Å². The van der Waals surface area contributed by atoms with Crippen molar-refractivity contribution in [3.8, 4) is 0 Å². The maximum Gasteiger partial charge on any atom is 0.408 e. The molecular formula is C21H23NO5. The molecule has 0 saturated carbocycles. The lowest BCUT2D eigenvalue weighted by Gasteiger charge is -2.16. The number of carbonyl (C=O) groups excluding carboxylic acids is 3. The summed E-state index contributed by atoms with van der Waals surface area (Å²) in [7, 11) is 1.23. The van der Waals surface area contributed by atoms with Crippen molar-refractivity contribution in [1.29, 1.82) is 0 Å². The molecule has 0 saturated heterocycles. The smallest absolute Gasteiger partial charge is 0.408 e. The van der Waals surface area contributed by atoms with Crippen molar-refractivity contribution in [2.45, 2.75) is 32.4 Å². The van der Waals surface area contributed by atoms with Gasteiger partial charge in [-0.05, 0) is 18.9 Å².